The minimum atomic E-state index is -0.873. The Morgan fingerprint density at radius 1 is 1.26 bits per heavy atom. The number of nitrogens with zero attached hydrogens (tertiary/aromatic N) is 1. The van der Waals surface area contributed by atoms with Gasteiger partial charge in [-0.2, -0.15) is 5.10 Å². The van der Waals surface area contributed by atoms with Gasteiger partial charge in [0.1, 0.15) is 5.75 Å². The highest BCUT2D eigenvalue weighted by Gasteiger charge is 2.38. The number of carbonyl (C=O) groups is 1. The summed E-state index contributed by atoms with van der Waals surface area (Å²) in [6.07, 6.45) is 0.747. The van der Waals surface area contributed by atoms with Gasteiger partial charge in [-0.05, 0) is 49.2 Å². The Labute approximate surface area is 160 Å². The average molecular weight is 394 g/mol. The molecule has 1 aliphatic rings. The van der Waals surface area contributed by atoms with Crippen LogP contribution in [0.1, 0.15) is 30.4 Å². The summed E-state index contributed by atoms with van der Waals surface area (Å²) in [5, 5.41) is 17.3. The van der Waals surface area contributed by atoms with E-state index in [-0.39, 0.29) is 30.2 Å². The zero-order chi connectivity index (χ0) is 19.6. The van der Waals surface area contributed by atoms with Crippen LogP contribution >= 0.6 is 11.6 Å². The quantitative estimate of drug-likeness (QED) is 0.520. The Morgan fingerprint density at radius 2 is 2.04 bits per heavy atom. The molecule has 2 aromatic carbocycles. The third kappa shape index (κ3) is 4.81. The summed E-state index contributed by atoms with van der Waals surface area (Å²) in [7, 11) is 0. The fourth-order valence-electron chi connectivity index (χ4n) is 2.80. The lowest BCUT2D eigenvalue weighted by atomic mass is 10.1. The number of hydrogen-bond acceptors (Lipinski definition) is 4. The van der Waals surface area contributed by atoms with E-state index in [1.807, 2.05) is 0 Å². The highest BCUT2D eigenvalue weighted by Crippen LogP contribution is 2.40. The molecule has 1 fully saturated rings. The number of nitrogens with one attached hydrogen (secondary N) is 2. The number of phenolic OH excluding ortho intramolecular Hbond substituents is 1. The number of aromatic hydroxyl groups is 1. The zero-order valence-electron chi connectivity index (χ0n) is 14.5. The summed E-state index contributed by atoms with van der Waals surface area (Å²) in [6, 6.07) is 8.43. The fraction of sp³-hybridized carbons (Fsp3) is 0.263. The zero-order valence-corrected chi connectivity index (χ0v) is 15.2. The van der Waals surface area contributed by atoms with Gasteiger partial charge in [0.15, 0.2) is 11.6 Å². The Kier molecular flexibility index (Phi) is 5.72. The lowest BCUT2D eigenvalue weighted by molar-refractivity contribution is -0.120. The third-order valence-corrected chi connectivity index (χ3v) is 4.62. The van der Waals surface area contributed by atoms with Crippen LogP contribution in [0.15, 0.2) is 41.5 Å². The van der Waals surface area contributed by atoms with Crippen molar-refractivity contribution in [3.8, 4) is 5.75 Å². The second-order valence-corrected chi connectivity index (χ2v) is 6.83. The Hall–Kier alpha value is -2.51. The predicted octanol–water partition coefficient (Wildman–Crippen LogP) is 3.31. The van der Waals surface area contributed by atoms with Crippen LogP contribution in [0.4, 0.5) is 8.78 Å². The molecule has 0 radical (unpaired) electrons. The van der Waals surface area contributed by atoms with Gasteiger partial charge >= 0.3 is 0 Å². The van der Waals surface area contributed by atoms with E-state index in [2.05, 4.69) is 15.8 Å². The minimum absolute atomic E-state index is 0.0142. The summed E-state index contributed by atoms with van der Waals surface area (Å²) in [4.78, 5) is 11.9. The summed E-state index contributed by atoms with van der Waals surface area (Å²) in [5.41, 5.74) is 3.95. The van der Waals surface area contributed by atoms with E-state index in [4.69, 9.17) is 11.6 Å². The monoisotopic (exact) mass is 393 g/mol. The van der Waals surface area contributed by atoms with Gasteiger partial charge in [0, 0.05) is 22.5 Å². The third-order valence-electron chi connectivity index (χ3n) is 4.38. The Balaban J connectivity index is 1.49. The van der Waals surface area contributed by atoms with Crippen LogP contribution in [-0.2, 0) is 4.79 Å². The van der Waals surface area contributed by atoms with Crippen LogP contribution in [0, 0.1) is 11.6 Å². The molecule has 142 valence electrons. The van der Waals surface area contributed by atoms with E-state index in [0.29, 0.717) is 21.9 Å². The molecule has 0 aromatic heterocycles. The van der Waals surface area contributed by atoms with Crippen molar-refractivity contribution >= 4 is 23.2 Å². The number of phenols is 1. The van der Waals surface area contributed by atoms with Crippen LogP contribution in [0.5, 0.6) is 5.75 Å². The van der Waals surface area contributed by atoms with Crippen molar-refractivity contribution in [1.29, 1.82) is 0 Å². The highest BCUT2D eigenvalue weighted by atomic mass is 35.5. The van der Waals surface area contributed by atoms with Gasteiger partial charge in [0.25, 0.3) is 5.91 Å². The summed E-state index contributed by atoms with van der Waals surface area (Å²) in [5.74, 6) is -2.03. The van der Waals surface area contributed by atoms with Crippen LogP contribution in [-0.4, -0.2) is 29.3 Å². The van der Waals surface area contributed by atoms with Gasteiger partial charge in [-0.25, -0.2) is 14.2 Å². The molecule has 0 aliphatic heterocycles. The van der Waals surface area contributed by atoms with Crippen molar-refractivity contribution in [2.75, 3.05) is 6.54 Å². The van der Waals surface area contributed by atoms with Crippen LogP contribution < -0.4 is 10.7 Å². The molecule has 2 atom stereocenters. The number of carbonyl (C=O) groups excluding carboxylic acids is 1. The SMILES string of the molecule is C/C(=N\NC(=O)CN[C@@H]1C[C@H]1c1ccc(F)c(F)c1)c1cc(Cl)ccc1O. The summed E-state index contributed by atoms with van der Waals surface area (Å²) >= 11 is 5.89. The van der Waals surface area contributed by atoms with Gasteiger partial charge in [-0.3, -0.25) is 4.79 Å². The molecule has 0 bridgehead atoms. The molecule has 3 rings (SSSR count). The van der Waals surface area contributed by atoms with Crippen LogP contribution in [0.3, 0.4) is 0 Å². The van der Waals surface area contributed by atoms with Gasteiger partial charge in [-0.15, -0.1) is 0 Å². The number of benzene rings is 2. The molecule has 1 amide bonds. The second kappa shape index (κ2) is 8.02. The lowest BCUT2D eigenvalue weighted by Crippen LogP contribution is -2.33. The minimum Gasteiger partial charge on any atom is -0.507 e. The largest absolute Gasteiger partial charge is 0.507 e. The first-order valence-corrected chi connectivity index (χ1v) is 8.73. The van der Waals surface area contributed by atoms with Gasteiger partial charge in [-0.1, -0.05) is 17.7 Å². The van der Waals surface area contributed by atoms with E-state index in [1.54, 1.807) is 25.1 Å². The van der Waals surface area contributed by atoms with Crippen molar-refractivity contribution < 1.29 is 18.7 Å². The van der Waals surface area contributed by atoms with Crippen molar-refractivity contribution in [3.63, 3.8) is 0 Å². The second-order valence-electron chi connectivity index (χ2n) is 6.40. The van der Waals surface area contributed by atoms with Gasteiger partial charge < -0.3 is 10.4 Å². The molecule has 0 spiro atoms. The maximum Gasteiger partial charge on any atom is 0.254 e. The number of halogens is 3. The van der Waals surface area contributed by atoms with E-state index >= 15 is 0 Å². The molecule has 1 saturated carbocycles. The molecule has 0 saturated heterocycles. The molecule has 27 heavy (non-hydrogen) atoms. The molecule has 0 unspecified atom stereocenters. The van der Waals surface area contributed by atoms with Gasteiger partial charge in [0.05, 0.1) is 12.3 Å². The molecule has 3 N–H and O–H groups in total. The highest BCUT2D eigenvalue weighted by molar-refractivity contribution is 6.31. The van der Waals surface area contributed by atoms with Crippen molar-refractivity contribution in [1.82, 2.24) is 10.7 Å². The average Bonchev–Trinajstić information content (AvgIpc) is 3.42. The number of rotatable bonds is 6. The standard InChI is InChI=1S/C19H18ClF2N3O2/c1-10(13-7-12(20)3-5-18(13)26)24-25-19(27)9-23-17-8-14(17)11-2-4-15(21)16(22)6-11/h2-7,14,17,23,26H,8-9H2,1H3,(H,25,27)/b24-10+/t14-,17+/m0/s1. The van der Waals surface area contributed by atoms with E-state index in [9.17, 15) is 18.7 Å². The Bertz CT molecular complexity index is 905. The number of hydrogen-bond donors (Lipinski definition) is 3. The summed E-state index contributed by atoms with van der Waals surface area (Å²) < 4.78 is 26.3. The van der Waals surface area contributed by atoms with E-state index in [0.717, 1.165) is 12.5 Å². The number of amides is 1. The van der Waals surface area contributed by atoms with Crippen LogP contribution in [0.2, 0.25) is 5.02 Å². The molecule has 0 heterocycles. The molecular weight excluding hydrogens is 376 g/mol. The number of hydrazone groups is 1. The fourth-order valence-corrected chi connectivity index (χ4v) is 2.97. The lowest BCUT2D eigenvalue weighted by Gasteiger charge is -2.07. The normalized spacial score (nSPS) is 19.0. The first-order valence-electron chi connectivity index (χ1n) is 8.35. The van der Waals surface area contributed by atoms with Crippen LogP contribution in [0.25, 0.3) is 0 Å². The van der Waals surface area contributed by atoms with Crippen molar-refractivity contribution in [2.45, 2.75) is 25.3 Å². The molecule has 2 aromatic rings. The van der Waals surface area contributed by atoms with Gasteiger partial charge in [0.2, 0.25) is 0 Å². The first kappa shape index (κ1) is 19.3. The van der Waals surface area contributed by atoms with E-state index < -0.39 is 11.6 Å². The Morgan fingerprint density at radius 3 is 2.78 bits per heavy atom. The maximum absolute atomic E-state index is 13.3. The smallest absolute Gasteiger partial charge is 0.254 e. The molecule has 1 aliphatic carbocycles. The summed E-state index contributed by atoms with van der Waals surface area (Å²) in [6.45, 7) is 1.67. The molecule has 5 nitrogen and oxygen atoms in total. The maximum atomic E-state index is 13.3. The molecular formula is C19H18ClF2N3O2. The topological polar surface area (TPSA) is 73.7 Å². The van der Waals surface area contributed by atoms with Crippen molar-refractivity contribution in [2.24, 2.45) is 5.10 Å². The predicted molar refractivity (Wildman–Crippen MR) is 99.0 cm³/mol. The van der Waals surface area contributed by atoms with E-state index in [1.165, 1.54) is 12.1 Å². The molecule has 8 heteroatoms. The van der Waals surface area contributed by atoms with Crippen molar-refractivity contribution in [3.05, 3.63) is 64.2 Å². The first-order chi connectivity index (χ1) is 12.8.